The average molecular weight is 205 g/mol. The molecule has 0 atom stereocenters. The first-order valence-electron chi connectivity index (χ1n) is 4.67. The molecular formula is C11H11NO3. The van der Waals surface area contributed by atoms with E-state index in [4.69, 9.17) is 4.74 Å². The summed E-state index contributed by atoms with van der Waals surface area (Å²) in [6, 6.07) is 3.51. The number of benzene rings is 1. The Bertz CT molecular complexity index is 451. The summed E-state index contributed by atoms with van der Waals surface area (Å²) in [5.41, 5.74) is 2.01. The van der Waals surface area contributed by atoms with E-state index in [1.54, 1.807) is 12.1 Å². The van der Waals surface area contributed by atoms with Crippen LogP contribution in [0.15, 0.2) is 12.1 Å². The Morgan fingerprint density at radius 1 is 1.47 bits per heavy atom. The van der Waals surface area contributed by atoms with Gasteiger partial charge in [0, 0.05) is 0 Å². The van der Waals surface area contributed by atoms with Crippen LogP contribution in [0.5, 0.6) is 5.75 Å². The van der Waals surface area contributed by atoms with E-state index in [9.17, 15) is 9.59 Å². The van der Waals surface area contributed by atoms with Gasteiger partial charge in [-0.25, -0.2) is 0 Å². The molecule has 1 aromatic carbocycles. The van der Waals surface area contributed by atoms with Crippen molar-refractivity contribution >= 4 is 17.4 Å². The van der Waals surface area contributed by atoms with Gasteiger partial charge in [-0.15, -0.1) is 0 Å². The minimum absolute atomic E-state index is 0.0310. The molecule has 0 saturated carbocycles. The van der Waals surface area contributed by atoms with Crippen LogP contribution in [0, 0.1) is 6.92 Å². The summed E-state index contributed by atoms with van der Waals surface area (Å²) in [5.74, 6) is 0.232. The summed E-state index contributed by atoms with van der Waals surface area (Å²) in [7, 11) is 0. The number of rotatable bonds is 1. The number of anilines is 1. The third kappa shape index (κ3) is 1.58. The fourth-order valence-electron chi connectivity index (χ4n) is 1.58. The van der Waals surface area contributed by atoms with Crippen LogP contribution in [0.4, 0.5) is 5.69 Å². The Labute approximate surface area is 87.2 Å². The van der Waals surface area contributed by atoms with Crippen LogP contribution in [0.2, 0.25) is 0 Å². The lowest BCUT2D eigenvalue weighted by Crippen LogP contribution is -2.27. The molecule has 0 bridgehead atoms. The molecule has 4 heteroatoms. The van der Waals surface area contributed by atoms with E-state index in [0.29, 0.717) is 17.0 Å². The molecule has 78 valence electrons. The monoisotopic (exact) mass is 205 g/mol. The Kier molecular flexibility index (Phi) is 2.19. The zero-order valence-electron chi connectivity index (χ0n) is 8.59. The molecule has 1 aliphatic rings. The van der Waals surface area contributed by atoms with Crippen LogP contribution < -0.4 is 10.1 Å². The number of hydrogen-bond acceptors (Lipinski definition) is 3. The van der Waals surface area contributed by atoms with Crippen molar-refractivity contribution < 1.29 is 14.3 Å². The molecule has 1 aliphatic heterocycles. The molecule has 1 heterocycles. The highest BCUT2D eigenvalue weighted by Crippen LogP contribution is 2.34. The minimum Gasteiger partial charge on any atom is -0.481 e. The topological polar surface area (TPSA) is 55.4 Å². The Balaban J connectivity index is 2.60. The van der Waals surface area contributed by atoms with E-state index in [1.807, 2.05) is 6.92 Å². The van der Waals surface area contributed by atoms with Gasteiger partial charge in [0.05, 0.1) is 11.3 Å². The molecule has 0 spiro atoms. The quantitative estimate of drug-likeness (QED) is 0.707. The number of carbonyl (C=O) groups excluding carboxylic acids is 2. The van der Waals surface area contributed by atoms with Crippen LogP contribution >= 0.6 is 0 Å². The molecule has 1 N–H and O–H groups in total. The fourth-order valence-corrected chi connectivity index (χ4v) is 1.58. The van der Waals surface area contributed by atoms with Gasteiger partial charge >= 0.3 is 0 Å². The van der Waals surface area contributed by atoms with Crippen LogP contribution in [-0.2, 0) is 4.79 Å². The number of aryl methyl sites for hydroxylation is 1. The molecule has 0 aliphatic carbocycles. The number of hydrogen-bond donors (Lipinski definition) is 1. The zero-order valence-corrected chi connectivity index (χ0v) is 8.59. The molecule has 1 aromatic rings. The number of ketones is 1. The lowest BCUT2D eigenvalue weighted by molar-refractivity contribution is -0.118. The van der Waals surface area contributed by atoms with Crippen molar-refractivity contribution in [2.45, 2.75) is 13.8 Å². The minimum atomic E-state index is -0.189. The highest BCUT2D eigenvalue weighted by molar-refractivity contribution is 6.03. The summed E-state index contributed by atoms with van der Waals surface area (Å²) < 4.78 is 5.28. The number of nitrogens with one attached hydrogen (secondary N) is 1. The van der Waals surface area contributed by atoms with E-state index in [1.165, 1.54) is 6.92 Å². The second-order valence-corrected chi connectivity index (χ2v) is 3.53. The lowest BCUT2D eigenvalue weighted by Gasteiger charge is -2.21. The fraction of sp³-hybridized carbons (Fsp3) is 0.273. The van der Waals surface area contributed by atoms with Gasteiger partial charge in [-0.3, -0.25) is 9.59 Å². The van der Waals surface area contributed by atoms with Crippen LogP contribution in [0.25, 0.3) is 0 Å². The summed E-state index contributed by atoms with van der Waals surface area (Å²) in [5, 5.41) is 2.71. The van der Waals surface area contributed by atoms with Crippen molar-refractivity contribution in [1.29, 1.82) is 0 Å². The number of Topliss-reactive ketones (excluding diaryl/α,β-unsaturated/α-hetero) is 1. The van der Waals surface area contributed by atoms with Gasteiger partial charge in [-0.2, -0.15) is 0 Å². The van der Waals surface area contributed by atoms with E-state index < -0.39 is 0 Å². The van der Waals surface area contributed by atoms with Crippen molar-refractivity contribution in [3.63, 3.8) is 0 Å². The van der Waals surface area contributed by atoms with Gasteiger partial charge in [0.1, 0.15) is 0 Å². The number of ether oxygens (including phenoxy) is 1. The SMILES string of the molecule is CC(=O)c1ccc(C)c2c1OCC(=O)N2. The Morgan fingerprint density at radius 3 is 2.87 bits per heavy atom. The van der Waals surface area contributed by atoms with Crippen LogP contribution in [0.3, 0.4) is 0 Å². The average Bonchev–Trinajstić information content (AvgIpc) is 2.19. The molecule has 0 aromatic heterocycles. The number of fused-ring (bicyclic) bond motifs is 1. The number of carbonyl (C=O) groups is 2. The van der Waals surface area contributed by atoms with Crippen molar-refractivity contribution in [3.8, 4) is 5.75 Å². The van der Waals surface area contributed by atoms with Crippen molar-refractivity contribution in [2.24, 2.45) is 0 Å². The molecular weight excluding hydrogens is 194 g/mol. The maximum absolute atomic E-state index is 11.3. The van der Waals surface area contributed by atoms with Crippen LogP contribution in [0.1, 0.15) is 22.8 Å². The van der Waals surface area contributed by atoms with Gasteiger partial charge in [-0.05, 0) is 25.5 Å². The molecule has 0 radical (unpaired) electrons. The molecule has 1 amide bonds. The first-order chi connectivity index (χ1) is 7.09. The number of amides is 1. The molecule has 0 unspecified atom stereocenters. The molecule has 15 heavy (non-hydrogen) atoms. The van der Waals surface area contributed by atoms with Gasteiger partial charge in [-0.1, -0.05) is 6.07 Å². The van der Waals surface area contributed by atoms with Crippen molar-refractivity contribution in [3.05, 3.63) is 23.3 Å². The summed E-state index contributed by atoms with van der Waals surface area (Å²) in [6.45, 7) is 3.30. The summed E-state index contributed by atoms with van der Waals surface area (Å²) >= 11 is 0. The van der Waals surface area contributed by atoms with Gasteiger partial charge in [0.2, 0.25) is 0 Å². The molecule has 0 saturated heterocycles. The van der Waals surface area contributed by atoms with Gasteiger partial charge < -0.3 is 10.1 Å². The predicted octanol–water partition coefficient (Wildman–Crippen LogP) is 1.53. The smallest absolute Gasteiger partial charge is 0.262 e. The van der Waals surface area contributed by atoms with E-state index >= 15 is 0 Å². The van der Waals surface area contributed by atoms with E-state index in [2.05, 4.69) is 5.32 Å². The summed E-state index contributed by atoms with van der Waals surface area (Å²) in [4.78, 5) is 22.5. The Hall–Kier alpha value is -1.84. The van der Waals surface area contributed by atoms with Crippen LogP contribution in [-0.4, -0.2) is 18.3 Å². The highest BCUT2D eigenvalue weighted by atomic mass is 16.5. The second kappa shape index (κ2) is 3.38. The third-order valence-electron chi connectivity index (χ3n) is 2.36. The van der Waals surface area contributed by atoms with Crippen molar-refractivity contribution in [2.75, 3.05) is 11.9 Å². The summed E-state index contributed by atoms with van der Waals surface area (Å²) in [6.07, 6.45) is 0. The third-order valence-corrected chi connectivity index (χ3v) is 2.36. The normalized spacial score (nSPS) is 13.9. The predicted molar refractivity (Wildman–Crippen MR) is 55.3 cm³/mol. The van der Waals surface area contributed by atoms with Crippen molar-refractivity contribution in [1.82, 2.24) is 0 Å². The highest BCUT2D eigenvalue weighted by Gasteiger charge is 2.22. The maximum Gasteiger partial charge on any atom is 0.262 e. The van der Waals surface area contributed by atoms with Gasteiger partial charge in [0.25, 0.3) is 5.91 Å². The second-order valence-electron chi connectivity index (χ2n) is 3.53. The van der Waals surface area contributed by atoms with Gasteiger partial charge in [0.15, 0.2) is 18.1 Å². The first-order valence-corrected chi connectivity index (χ1v) is 4.67. The van der Waals surface area contributed by atoms with E-state index in [-0.39, 0.29) is 18.3 Å². The molecule has 2 rings (SSSR count). The molecule has 4 nitrogen and oxygen atoms in total. The Morgan fingerprint density at radius 2 is 2.20 bits per heavy atom. The maximum atomic E-state index is 11.3. The standard InChI is InChI=1S/C11H11NO3/c1-6-3-4-8(7(2)13)11-10(6)12-9(14)5-15-11/h3-4H,5H2,1-2H3,(H,12,14). The zero-order chi connectivity index (χ0) is 11.0. The largest absolute Gasteiger partial charge is 0.481 e. The molecule has 0 fully saturated rings. The lowest BCUT2D eigenvalue weighted by atomic mass is 10.0. The van der Waals surface area contributed by atoms with E-state index in [0.717, 1.165) is 5.56 Å². The first kappa shape index (κ1) is 9.71.